The van der Waals surface area contributed by atoms with Crippen LogP contribution in [0.3, 0.4) is 0 Å². The molecule has 2 nitrogen and oxygen atoms in total. The average Bonchev–Trinajstić information content (AvgIpc) is 2.29. The number of rotatable bonds is 3. The summed E-state index contributed by atoms with van der Waals surface area (Å²) in [7, 11) is 0. The van der Waals surface area contributed by atoms with E-state index in [0.29, 0.717) is 17.9 Å². The van der Waals surface area contributed by atoms with Crippen LogP contribution < -0.4 is 5.73 Å². The van der Waals surface area contributed by atoms with E-state index in [1.807, 2.05) is 12.1 Å². The highest BCUT2D eigenvalue weighted by Gasteiger charge is 2.01. The van der Waals surface area contributed by atoms with Crippen LogP contribution in [0.4, 0.5) is 0 Å². The minimum Gasteiger partial charge on any atom is -0.324 e. The molecule has 0 atom stereocenters. The lowest BCUT2D eigenvalue weighted by atomic mass is 10.1. The number of carbonyl (C=O) groups excluding carboxylic acids is 1. The van der Waals surface area contributed by atoms with E-state index in [0.717, 1.165) is 5.56 Å². The van der Waals surface area contributed by atoms with Crippen molar-refractivity contribution in [3.05, 3.63) is 35.4 Å². The first-order valence-corrected chi connectivity index (χ1v) is 5.19. The van der Waals surface area contributed by atoms with Crippen LogP contribution in [0.2, 0.25) is 0 Å². The van der Waals surface area contributed by atoms with E-state index >= 15 is 0 Å². The Hall–Kier alpha value is -1.30. The van der Waals surface area contributed by atoms with Crippen LogP contribution in [0.1, 0.15) is 22.3 Å². The van der Waals surface area contributed by atoms with Gasteiger partial charge in [-0.25, -0.2) is 0 Å². The Morgan fingerprint density at radius 3 is 2.53 bits per heavy atom. The molecule has 0 fully saturated rings. The third-order valence-electron chi connectivity index (χ3n) is 1.84. The summed E-state index contributed by atoms with van der Waals surface area (Å²) in [4.78, 5) is 11.2. The molecule has 0 radical (unpaired) electrons. The third-order valence-corrected chi connectivity index (χ3v) is 2.03. The highest BCUT2D eigenvalue weighted by Crippen LogP contribution is 2.03. The summed E-state index contributed by atoms with van der Waals surface area (Å²) in [5.74, 6) is 6.35. The van der Waals surface area contributed by atoms with Gasteiger partial charge in [0.15, 0.2) is 5.78 Å². The molecule has 15 heavy (non-hydrogen) atoms. The molecular weight excluding hydrogens is 210 g/mol. The maximum Gasteiger partial charge on any atom is 0.176 e. The lowest BCUT2D eigenvalue weighted by Gasteiger charge is -1.96. The van der Waals surface area contributed by atoms with Gasteiger partial charge in [0.1, 0.15) is 0 Å². The number of nitrogens with two attached hydrogens (primary N) is 1. The molecule has 0 saturated heterocycles. The summed E-state index contributed by atoms with van der Waals surface area (Å²) < 4.78 is 0. The lowest BCUT2D eigenvalue weighted by Crippen LogP contribution is -2.13. The van der Waals surface area contributed by atoms with Gasteiger partial charge < -0.3 is 5.73 Å². The maximum absolute atomic E-state index is 11.2. The molecule has 1 aromatic rings. The fourth-order valence-corrected chi connectivity index (χ4v) is 1.16. The van der Waals surface area contributed by atoms with Gasteiger partial charge in [-0.05, 0) is 12.1 Å². The predicted octanol–water partition coefficient (Wildman–Crippen LogP) is 1.81. The third kappa shape index (κ3) is 3.75. The van der Waals surface area contributed by atoms with E-state index in [2.05, 4.69) is 11.8 Å². The molecule has 2 N–H and O–H groups in total. The van der Waals surface area contributed by atoms with Crippen LogP contribution in [0, 0.1) is 11.8 Å². The molecule has 1 rings (SSSR count). The van der Waals surface area contributed by atoms with Gasteiger partial charge in [0.2, 0.25) is 0 Å². The summed E-state index contributed by atoms with van der Waals surface area (Å²) in [6.45, 7) is 0.0390. The van der Waals surface area contributed by atoms with Crippen molar-refractivity contribution < 1.29 is 4.79 Å². The molecule has 0 amide bonds. The molecule has 0 aromatic heterocycles. The van der Waals surface area contributed by atoms with Crippen LogP contribution in [-0.4, -0.2) is 18.2 Å². The zero-order chi connectivity index (χ0) is 11.1. The number of hydrogen-bond acceptors (Lipinski definition) is 2. The number of halogens is 1. The van der Waals surface area contributed by atoms with Gasteiger partial charge >= 0.3 is 0 Å². The summed E-state index contributed by atoms with van der Waals surface area (Å²) >= 11 is 5.49. The number of hydrogen-bond donors (Lipinski definition) is 1. The van der Waals surface area contributed by atoms with Gasteiger partial charge in [0, 0.05) is 23.4 Å². The Morgan fingerprint density at radius 1 is 1.33 bits per heavy atom. The second-order valence-corrected chi connectivity index (χ2v) is 3.32. The van der Waals surface area contributed by atoms with Gasteiger partial charge in [-0.3, -0.25) is 4.79 Å². The van der Waals surface area contributed by atoms with Gasteiger partial charge in [-0.15, -0.1) is 11.6 Å². The van der Waals surface area contributed by atoms with Crippen LogP contribution in [-0.2, 0) is 0 Å². The monoisotopic (exact) mass is 221 g/mol. The molecule has 0 aliphatic heterocycles. The van der Waals surface area contributed by atoms with Crippen molar-refractivity contribution >= 4 is 17.4 Å². The standard InChI is InChI=1S/C12H12ClNO/c13-8-2-1-3-10-4-6-11(7-5-10)12(15)9-14/h4-7H,2,8-9,14H2. The minimum absolute atomic E-state index is 0.0390. The van der Waals surface area contributed by atoms with E-state index < -0.39 is 0 Å². The van der Waals surface area contributed by atoms with Crippen LogP contribution in [0.15, 0.2) is 24.3 Å². The quantitative estimate of drug-likeness (QED) is 0.481. The first kappa shape index (κ1) is 11.8. The Kier molecular flexibility index (Phi) is 4.89. The first-order chi connectivity index (χ1) is 7.27. The largest absolute Gasteiger partial charge is 0.324 e. The zero-order valence-corrected chi connectivity index (χ0v) is 9.05. The SMILES string of the molecule is NCC(=O)c1ccc(C#CCCCl)cc1. The Balaban J connectivity index is 2.73. The van der Waals surface area contributed by atoms with Crippen molar-refractivity contribution in [2.75, 3.05) is 12.4 Å². The van der Waals surface area contributed by atoms with Gasteiger partial charge in [0.05, 0.1) is 6.54 Å². The zero-order valence-electron chi connectivity index (χ0n) is 8.29. The molecule has 1 aromatic carbocycles. The van der Waals surface area contributed by atoms with Crippen molar-refractivity contribution in [3.8, 4) is 11.8 Å². The number of ketones is 1. The van der Waals surface area contributed by atoms with Gasteiger partial charge in [-0.1, -0.05) is 24.0 Å². The average molecular weight is 222 g/mol. The smallest absolute Gasteiger partial charge is 0.176 e. The Bertz CT molecular complexity index is 386. The number of carbonyl (C=O) groups is 1. The van der Waals surface area contributed by atoms with E-state index in [1.165, 1.54) is 0 Å². The molecule has 0 bridgehead atoms. The van der Waals surface area contributed by atoms with Crippen molar-refractivity contribution in [1.29, 1.82) is 0 Å². The molecule has 0 aliphatic carbocycles. The Morgan fingerprint density at radius 2 is 2.00 bits per heavy atom. The lowest BCUT2D eigenvalue weighted by molar-refractivity contribution is 0.100. The van der Waals surface area contributed by atoms with E-state index in [-0.39, 0.29) is 12.3 Å². The summed E-state index contributed by atoms with van der Waals surface area (Å²) in [5, 5.41) is 0. The van der Waals surface area contributed by atoms with Crippen molar-refractivity contribution in [1.82, 2.24) is 0 Å². The molecule has 0 aliphatic rings. The van der Waals surface area contributed by atoms with Crippen molar-refractivity contribution in [2.24, 2.45) is 5.73 Å². The molecule has 0 unspecified atom stereocenters. The van der Waals surface area contributed by atoms with E-state index in [1.54, 1.807) is 12.1 Å². The van der Waals surface area contributed by atoms with Gasteiger partial charge in [-0.2, -0.15) is 0 Å². The van der Waals surface area contributed by atoms with E-state index in [9.17, 15) is 4.79 Å². The van der Waals surface area contributed by atoms with Crippen LogP contribution in [0.5, 0.6) is 0 Å². The molecule has 3 heteroatoms. The Labute approximate surface area is 94.4 Å². The fourth-order valence-electron chi connectivity index (χ4n) is 1.07. The van der Waals surface area contributed by atoms with Crippen molar-refractivity contribution in [2.45, 2.75) is 6.42 Å². The second-order valence-electron chi connectivity index (χ2n) is 2.95. The topological polar surface area (TPSA) is 43.1 Å². The fraction of sp³-hybridized carbons (Fsp3) is 0.250. The molecule has 0 saturated carbocycles. The summed E-state index contributed by atoms with van der Waals surface area (Å²) in [6.07, 6.45) is 0.672. The van der Waals surface area contributed by atoms with E-state index in [4.69, 9.17) is 17.3 Å². The predicted molar refractivity (Wildman–Crippen MR) is 62.0 cm³/mol. The summed E-state index contributed by atoms with van der Waals surface area (Å²) in [5.41, 5.74) is 6.76. The molecule has 0 spiro atoms. The van der Waals surface area contributed by atoms with Crippen molar-refractivity contribution in [3.63, 3.8) is 0 Å². The second kappa shape index (κ2) is 6.23. The molecule has 0 heterocycles. The summed E-state index contributed by atoms with van der Waals surface area (Å²) in [6, 6.07) is 7.09. The first-order valence-electron chi connectivity index (χ1n) is 4.66. The number of alkyl halides is 1. The minimum atomic E-state index is -0.0599. The van der Waals surface area contributed by atoms with Crippen LogP contribution in [0.25, 0.3) is 0 Å². The molecule has 78 valence electrons. The molecular formula is C12H12ClNO. The maximum atomic E-state index is 11.2. The highest BCUT2D eigenvalue weighted by molar-refractivity contribution is 6.18. The number of benzene rings is 1. The normalized spacial score (nSPS) is 9.20. The van der Waals surface area contributed by atoms with Gasteiger partial charge in [0.25, 0.3) is 0 Å². The van der Waals surface area contributed by atoms with Crippen LogP contribution >= 0.6 is 11.6 Å². The number of Topliss-reactive ketones (excluding diaryl/α,β-unsaturated/α-hetero) is 1. The highest BCUT2D eigenvalue weighted by atomic mass is 35.5.